The highest BCUT2D eigenvalue weighted by Gasteiger charge is 2.32. The van der Waals surface area contributed by atoms with Gasteiger partial charge >= 0.3 is 0 Å². The lowest BCUT2D eigenvalue weighted by molar-refractivity contribution is -0.128. The summed E-state index contributed by atoms with van der Waals surface area (Å²) in [7, 11) is 0. The van der Waals surface area contributed by atoms with Crippen LogP contribution in [0.1, 0.15) is 32.4 Å². The van der Waals surface area contributed by atoms with Crippen molar-refractivity contribution in [2.24, 2.45) is 0 Å². The Balaban J connectivity index is 1.43. The van der Waals surface area contributed by atoms with Crippen LogP contribution in [-0.4, -0.2) is 29.0 Å². The van der Waals surface area contributed by atoms with Gasteiger partial charge in [0.05, 0.1) is 5.75 Å². The minimum Gasteiger partial charge on any atom is -0.326 e. The molecule has 0 radical (unpaired) electrons. The number of benzene rings is 3. The van der Waals surface area contributed by atoms with E-state index in [4.69, 9.17) is 0 Å². The fourth-order valence-electron chi connectivity index (χ4n) is 3.59. The zero-order valence-corrected chi connectivity index (χ0v) is 19.6. The standard InChI is InChI=1S/C25H23BrN2O2S/c1-17-15-21(11-12-22(17)26)27-24(30)19-7-9-20(10-8-19)25-28(23(29)16-31-25)14-13-18-5-3-2-4-6-18/h2-12,15,25H,13-14,16H2,1H3,(H,27,30)/t25-/m1/s1. The van der Waals surface area contributed by atoms with E-state index in [0.29, 0.717) is 17.9 Å². The Hall–Kier alpha value is -2.57. The third-order valence-corrected chi connectivity index (χ3v) is 7.47. The van der Waals surface area contributed by atoms with E-state index in [0.717, 1.165) is 27.7 Å². The second kappa shape index (κ2) is 9.71. The second-order valence-electron chi connectivity index (χ2n) is 7.53. The van der Waals surface area contributed by atoms with Gasteiger partial charge in [0.25, 0.3) is 5.91 Å². The number of carbonyl (C=O) groups is 2. The first kappa shape index (κ1) is 21.7. The Kier molecular flexibility index (Phi) is 6.78. The average molecular weight is 495 g/mol. The van der Waals surface area contributed by atoms with Crippen molar-refractivity contribution in [1.82, 2.24) is 4.90 Å². The van der Waals surface area contributed by atoms with Crippen LogP contribution >= 0.6 is 27.7 Å². The summed E-state index contributed by atoms with van der Waals surface area (Å²) in [4.78, 5) is 27.0. The summed E-state index contributed by atoms with van der Waals surface area (Å²) in [5, 5.41) is 2.93. The van der Waals surface area contributed by atoms with Crippen molar-refractivity contribution in [3.05, 3.63) is 99.5 Å². The Bertz CT molecular complexity index is 1090. The maximum absolute atomic E-state index is 12.6. The van der Waals surface area contributed by atoms with Crippen LogP contribution < -0.4 is 5.32 Å². The molecule has 0 aromatic heterocycles. The highest BCUT2D eigenvalue weighted by Crippen LogP contribution is 2.38. The monoisotopic (exact) mass is 494 g/mol. The van der Waals surface area contributed by atoms with E-state index < -0.39 is 0 Å². The predicted octanol–water partition coefficient (Wildman–Crippen LogP) is 5.83. The maximum atomic E-state index is 12.6. The number of thioether (sulfide) groups is 1. The van der Waals surface area contributed by atoms with E-state index in [2.05, 4.69) is 33.4 Å². The van der Waals surface area contributed by atoms with Crippen LogP contribution in [0.4, 0.5) is 5.69 Å². The van der Waals surface area contributed by atoms with E-state index in [-0.39, 0.29) is 17.2 Å². The normalized spacial score (nSPS) is 15.9. The molecule has 158 valence electrons. The molecule has 0 spiro atoms. The molecule has 1 atom stereocenters. The number of nitrogens with zero attached hydrogens (tertiary/aromatic N) is 1. The third-order valence-electron chi connectivity index (χ3n) is 5.33. The molecule has 6 heteroatoms. The molecule has 1 saturated heterocycles. The van der Waals surface area contributed by atoms with Crippen LogP contribution in [0, 0.1) is 6.92 Å². The van der Waals surface area contributed by atoms with Crippen molar-refractivity contribution in [3.63, 3.8) is 0 Å². The zero-order chi connectivity index (χ0) is 21.8. The van der Waals surface area contributed by atoms with Gasteiger partial charge in [-0.2, -0.15) is 0 Å². The summed E-state index contributed by atoms with van der Waals surface area (Å²) in [5.41, 5.74) is 4.68. The number of halogens is 1. The fourth-order valence-corrected chi connectivity index (χ4v) is 5.06. The van der Waals surface area contributed by atoms with Gasteiger partial charge in [-0.05, 0) is 60.4 Å². The smallest absolute Gasteiger partial charge is 0.255 e. The SMILES string of the molecule is Cc1cc(NC(=O)c2ccc([C@H]3SCC(=O)N3CCc3ccccc3)cc2)ccc1Br. The number of carbonyl (C=O) groups excluding carboxylic acids is 2. The van der Waals surface area contributed by atoms with Crippen molar-refractivity contribution in [2.75, 3.05) is 17.6 Å². The van der Waals surface area contributed by atoms with Crippen molar-refractivity contribution >= 4 is 45.2 Å². The molecule has 1 heterocycles. The quantitative estimate of drug-likeness (QED) is 0.469. The van der Waals surface area contributed by atoms with Crippen LogP contribution in [0.3, 0.4) is 0 Å². The minimum absolute atomic E-state index is 0.0116. The molecule has 4 nitrogen and oxygen atoms in total. The average Bonchev–Trinajstić information content (AvgIpc) is 3.16. The molecule has 3 aromatic carbocycles. The molecule has 3 aromatic rings. The van der Waals surface area contributed by atoms with Gasteiger partial charge in [0, 0.05) is 22.3 Å². The molecular weight excluding hydrogens is 472 g/mol. The molecule has 2 amide bonds. The van der Waals surface area contributed by atoms with Gasteiger partial charge in [-0.25, -0.2) is 0 Å². The molecule has 0 bridgehead atoms. The summed E-state index contributed by atoms with van der Waals surface area (Å²) >= 11 is 5.11. The fraction of sp³-hybridized carbons (Fsp3) is 0.200. The first-order valence-electron chi connectivity index (χ1n) is 10.1. The molecule has 4 rings (SSSR count). The Labute approximate surface area is 195 Å². The summed E-state index contributed by atoms with van der Waals surface area (Å²) in [6, 6.07) is 23.5. The van der Waals surface area contributed by atoms with Gasteiger partial charge in [0.1, 0.15) is 5.37 Å². The molecule has 1 N–H and O–H groups in total. The van der Waals surface area contributed by atoms with Gasteiger partial charge in [0.15, 0.2) is 0 Å². The first-order chi connectivity index (χ1) is 15.0. The topological polar surface area (TPSA) is 49.4 Å². The Morgan fingerprint density at radius 1 is 1.10 bits per heavy atom. The molecule has 0 unspecified atom stereocenters. The van der Waals surface area contributed by atoms with E-state index >= 15 is 0 Å². The predicted molar refractivity (Wildman–Crippen MR) is 130 cm³/mol. The van der Waals surface area contributed by atoms with Crippen LogP contribution in [0.2, 0.25) is 0 Å². The van der Waals surface area contributed by atoms with Crippen LogP contribution in [0.25, 0.3) is 0 Å². The lowest BCUT2D eigenvalue weighted by Crippen LogP contribution is -2.30. The van der Waals surface area contributed by atoms with Gasteiger partial charge < -0.3 is 10.2 Å². The largest absolute Gasteiger partial charge is 0.326 e. The van der Waals surface area contributed by atoms with Gasteiger partial charge in [0.2, 0.25) is 5.91 Å². The summed E-state index contributed by atoms with van der Waals surface area (Å²) in [5.74, 6) is 0.507. The van der Waals surface area contributed by atoms with E-state index in [1.807, 2.05) is 72.5 Å². The number of nitrogens with one attached hydrogen (secondary N) is 1. The summed E-state index contributed by atoms with van der Waals surface area (Å²) in [6.45, 7) is 2.67. The third kappa shape index (κ3) is 5.20. The Morgan fingerprint density at radius 2 is 1.84 bits per heavy atom. The van der Waals surface area contributed by atoms with Gasteiger partial charge in [-0.3, -0.25) is 9.59 Å². The lowest BCUT2D eigenvalue weighted by atomic mass is 10.1. The second-order valence-corrected chi connectivity index (χ2v) is 9.45. The number of rotatable bonds is 6. The zero-order valence-electron chi connectivity index (χ0n) is 17.2. The summed E-state index contributed by atoms with van der Waals surface area (Å²) in [6.07, 6.45) is 0.830. The Morgan fingerprint density at radius 3 is 2.55 bits per heavy atom. The van der Waals surface area contributed by atoms with E-state index in [1.165, 1.54) is 5.56 Å². The maximum Gasteiger partial charge on any atom is 0.255 e. The van der Waals surface area contributed by atoms with Crippen molar-refractivity contribution in [2.45, 2.75) is 18.7 Å². The van der Waals surface area contributed by atoms with Gasteiger partial charge in [-0.15, -0.1) is 11.8 Å². The van der Waals surface area contributed by atoms with Gasteiger partial charge in [-0.1, -0.05) is 58.4 Å². The van der Waals surface area contributed by atoms with Crippen molar-refractivity contribution < 1.29 is 9.59 Å². The summed E-state index contributed by atoms with van der Waals surface area (Å²) < 4.78 is 1.01. The number of hydrogen-bond donors (Lipinski definition) is 1. The molecule has 1 aliphatic rings. The molecule has 31 heavy (non-hydrogen) atoms. The molecule has 0 aliphatic carbocycles. The van der Waals surface area contributed by atoms with E-state index in [9.17, 15) is 9.59 Å². The molecule has 1 aliphatic heterocycles. The number of aryl methyl sites for hydroxylation is 1. The van der Waals surface area contributed by atoms with E-state index in [1.54, 1.807) is 11.8 Å². The van der Waals surface area contributed by atoms with Crippen LogP contribution in [0.5, 0.6) is 0 Å². The highest BCUT2D eigenvalue weighted by atomic mass is 79.9. The number of hydrogen-bond acceptors (Lipinski definition) is 3. The lowest BCUT2D eigenvalue weighted by Gasteiger charge is -2.24. The van der Waals surface area contributed by atoms with Crippen LogP contribution in [-0.2, 0) is 11.2 Å². The molecular formula is C25H23BrN2O2S. The first-order valence-corrected chi connectivity index (χ1v) is 12.0. The highest BCUT2D eigenvalue weighted by molar-refractivity contribution is 9.10. The minimum atomic E-state index is -0.149. The molecule has 1 fully saturated rings. The number of anilines is 1. The molecule has 0 saturated carbocycles. The number of amides is 2. The van der Waals surface area contributed by atoms with Crippen molar-refractivity contribution in [1.29, 1.82) is 0 Å². The van der Waals surface area contributed by atoms with Crippen molar-refractivity contribution in [3.8, 4) is 0 Å². The van der Waals surface area contributed by atoms with Crippen LogP contribution in [0.15, 0.2) is 77.3 Å².